The van der Waals surface area contributed by atoms with Crippen LogP contribution in [0.5, 0.6) is 5.75 Å². The molecule has 4 heteroatoms. The van der Waals surface area contributed by atoms with Crippen LogP contribution in [0.4, 0.5) is 0 Å². The number of thiophene rings is 1. The van der Waals surface area contributed by atoms with Crippen LogP contribution in [0.2, 0.25) is 0 Å². The Morgan fingerprint density at radius 1 is 1.50 bits per heavy atom. The van der Waals surface area contributed by atoms with Crippen LogP contribution in [0, 0.1) is 3.57 Å². The third-order valence-electron chi connectivity index (χ3n) is 2.03. The lowest BCUT2D eigenvalue weighted by Crippen LogP contribution is -1.88. The molecule has 14 heavy (non-hydrogen) atoms. The molecule has 72 valence electrons. The van der Waals surface area contributed by atoms with Crippen LogP contribution in [0.3, 0.4) is 0 Å². The van der Waals surface area contributed by atoms with Crippen LogP contribution >= 0.6 is 33.9 Å². The van der Waals surface area contributed by atoms with Gasteiger partial charge in [0.25, 0.3) is 0 Å². The molecule has 1 aromatic carbocycles. The van der Waals surface area contributed by atoms with Crippen molar-refractivity contribution in [2.24, 2.45) is 0 Å². The quantitative estimate of drug-likeness (QED) is 0.627. The largest absolute Gasteiger partial charge is 0.495 e. The van der Waals surface area contributed by atoms with Crippen molar-refractivity contribution in [1.82, 2.24) is 0 Å². The Balaban J connectivity index is 2.88. The SMILES string of the molecule is COc1csc2ccc(I)c(C=O)c12. The summed E-state index contributed by atoms with van der Waals surface area (Å²) in [4.78, 5) is 11.0. The van der Waals surface area contributed by atoms with E-state index in [1.54, 1.807) is 18.4 Å². The predicted molar refractivity (Wildman–Crippen MR) is 66.5 cm³/mol. The number of ether oxygens (including phenoxy) is 1. The topological polar surface area (TPSA) is 26.3 Å². The van der Waals surface area contributed by atoms with Crippen molar-refractivity contribution in [2.45, 2.75) is 0 Å². The zero-order valence-corrected chi connectivity index (χ0v) is 10.4. The molecular formula is C10H7IO2S. The van der Waals surface area contributed by atoms with E-state index in [1.165, 1.54) is 0 Å². The van der Waals surface area contributed by atoms with Crippen molar-refractivity contribution in [3.05, 3.63) is 26.6 Å². The molecule has 0 aliphatic carbocycles. The number of carbonyl (C=O) groups is 1. The van der Waals surface area contributed by atoms with Gasteiger partial charge in [0.2, 0.25) is 0 Å². The van der Waals surface area contributed by atoms with E-state index < -0.39 is 0 Å². The van der Waals surface area contributed by atoms with Crippen LogP contribution in [0.15, 0.2) is 17.5 Å². The highest BCUT2D eigenvalue weighted by molar-refractivity contribution is 14.1. The van der Waals surface area contributed by atoms with E-state index >= 15 is 0 Å². The Labute approximate surface area is 99.0 Å². The molecule has 0 N–H and O–H groups in total. The predicted octanol–water partition coefficient (Wildman–Crippen LogP) is 3.33. The second-order valence-corrected chi connectivity index (χ2v) is 4.83. The number of halogens is 1. The van der Waals surface area contributed by atoms with Gasteiger partial charge < -0.3 is 4.74 Å². The zero-order chi connectivity index (χ0) is 10.1. The van der Waals surface area contributed by atoms with E-state index in [4.69, 9.17) is 4.74 Å². The van der Waals surface area contributed by atoms with Crippen LogP contribution in [-0.4, -0.2) is 13.4 Å². The van der Waals surface area contributed by atoms with Gasteiger partial charge in [0, 0.05) is 24.6 Å². The molecule has 0 saturated carbocycles. The first kappa shape index (κ1) is 9.92. The second kappa shape index (κ2) is 3.86. The van der Waals surface area contributed by atoms with E-state index in [9.17, 15) is 4.79 Å². The van der Waals surface area contributed by atoms with Gasteiger partial charge in [-0.3, -0.25) is 4.79 Å². The molecule has 1 aromatic heterocycles. The Morgan fingerprint density at radius 2 is 2.29 bits per heavy atom. The minimum atomic E-state index is 0.723. The zero-order valence-electron chi connectivity index (χ0n) is 7.41. The molecule has 0 aliphatic heterocycles. The molecule has 2 nitrogen and oxygen atoms in total. The second-order valence-electron chi connectivity index (χ2n) is 2.76. The minimum absolute atomic E-state index is 0.723. The Hall–Kier alpha value is -0.620. The van der Waals surface area contributed by atoms with Crippen LogP contribution in [0.25, 0.3) is 10.1 Å². The minimum Gasteiger partial charge on any atom is -0.495 e. The number of methoxy groups -OCH3 is 1. The van der Waals surface area contributed by atoms with Crippen molar-refractivity contribution in [1.29, 1.82) is 0 Å². The van der Waals surface area contributed by atoms with Gasteiger partial charge in [0.1, 0.15) is 5.75 Å². The lowest BCUT2D eigenvalue weighted by Gasteiger charge is -2.01. The molecule has 0 saturated heterocycles. The third kappa shape index (κ3) is 1.42. The van der Waals surface area contributed by atoms with E-state index in [2.05, 4.69) is 22.6 Å². The molecule has 0 amide bonds. The summed E-state index contributed by atoms with van der Waals surface area (Å²) in [5, 5.41) is 2.85. The highest BCUT2D eigenvalue weighted by Crippen LogP contribution is 2.35. The van der Waals surface area contributed by atoms with Crippen LogP contribution in [0.1, 0.15) is 10.4 Å². The van der Waals surface area contributed by atoms with Crippen molar-refractivity contribution < 1.29 is 9.53 Å². The van der Waals surface area contributed by atoms with E-state index in [0.29, 0.717) is 0 Å². The monoisotopic (exact) mass is 318 g/mol. The Kier molecular flexibility index (Phi) is 2.73. The number of hydrogen-bond acceptors (Lipinski definition) is 3. The fourth-order valence-electron chi connectivity index (χ4n) is 1.37. The molecule has 2 rings (SSSR count). The van der Waals surface area contributed by atoms with Crippen molar-refractivity contribution in [3.8, 4) is 5.75 Å². The highest BCUT2D eigenvalue weighted by atomic mass is 127. The molecule has 0 unspecified atom stereocenters. The van der Waals surface area contributed by atoms with Crippen LogP contribution < -0.4 is 4.74 Å². The molecule has 0 radical (unpaired) electrons. The van der Waals surface area contributed by atoms with E-state index in [1.807, 2.05) is 17.5 Å². The van der Waals surface area contributed by atoms with Gasteiger partial charge >= 0.3 is 0 Å². The van der Waals surface area contributed by atoms with Gasteiger partial charge in [0.15, 0.2) is 6.29 Å². The number of hydrogen-bond donors (Lipinski definition) is 0. The number of carbonyl (C=O) groups excluding carboxylic acids is 1. The van der Waals surface area contributed by atoms with Gasteiger partial charge in [-0.25, -0.2) is 0 Å². The molecule has 1 heterocycles. The molecule has 2 aromatic rings. The average molecular weight is 318 g/mol. The average Bonchev–Trinajstić information content (AvgIpc) is 2.61. The van der Waals surface area contributed by atoms with E-state index in [-0.39, 0.29) is 0 Å². The van der Waals surface area contributed by atoms with Gasteiger partial charge in [-0.2, -0.15) is 0 Å². The number of rotatable bonds is 2. The van der Waals surface area contributed by atoms with Gasteiger partial charge in [0.05, 0.1) is 7.11 Å². The third-order valence-corrected chi connectivity index (χ3v) is 3.90. The van der Waals surface area contributed by atoms with Gasteiger partial charge in [-0.05, 0) is 34.7 Å². The lowest BCUT2D eigenvalue weighted by atomic mass is 10.1. The molecular weight excluding hydrogens is 311 g/mol. The Bertz CT molecular complexity index is 490. The molecule has 0 fully saturated rings. The fourth-order valence-corrected chi connectivity index (χ4v) is 2.87. The Morgan fingerprint density at radius 3 is 2.93 bits per heavy atom. The first-order valence-corrected chi connectivity index (χ1v) is 5.92. The fraction of sp³-hybridized carbons (Fsp3) is 0.100. The van der Waals surface area contributed by atoms with Crippen molar-refractivity contribution in [2.75, 3.05) is 7.11 Å². The summed E-state index contributed by atoms with van der Waals surface area (Å²) < 4.78 is 7.26. The summed E-state index contributed by atoms with van der Waals surface area (Å²) in [5.74, 6) is 0.783. The number of fused-ring (bicyclic) bond motifs is 1. The first-order valence-electron chi connectivity index (χ1n) is 3.96. The van der Waals surface area contributed by atoms with Gasteiger partial charge in [-0.15, -0.1) is 11.3 Å². The molecule has 0 bridgehead atoms. The normalized spacial score (nSPS) is 10.4. The maximum Gasteiger partial charge on any atom is 0.151 e. The first-order chi connectivity index (χ1) is 6.77. The lowest BCUT2D eigenvalue weighted by molar-refractivity contribution is 0.112. The van der Waals surface area contributed by atoms with Crippen molar-refractivity contribution in [3.63, 3.8) is 0 Å². The molecule has 0 spiro atoms. The smallest absolute Gasteiger partial charge is 0.151 e. The highest BCUT2D eigenvalue weighted by Gasteiger charge is 2.11. The summed E-state index contributed by atoms with van der Waals surface area (Å²) in [5.41, 5.74) is 0.723. The number of aldehydes is 1. The summed E-state index contributed by atoms with van der Waals surface area (Å²) in [6, 6.07) is 3.96. The van der Waals surface area contributed by atoms with Gasteiger partial charge in [-0.1, -0.05) is 0 Å². The summed E-state index contributed by atoms with van der Waals surface area (Å²) in [6.45, 7) is 0. The standard InChI is InChI=1S/C10H7IO2S/c1-13-8-5-14-9-3-2-7(11)6(4-12)10(8)9/h2-5H,1H3. The van der Waals surface area contributed by atoms with Crippen LogP contribution in [-0.2, 0) is 0 Å². The summed E-state index contributed by atoms with van der Waals surface area (Å²) in [6.07, 6.45) is 0.888. The maximum absolute atomic E-state index is 11.0. The van der Waals surface area contributed by atoms with E-state index in [0.717, 1.165) is 31.3 Å². The summed E-state index contributed by atoms with van der Waals surface area (Å²) in [7, 11) is 1.62. The maximum atomic E-state index is 11.0. The number of benzene rings is 1. The molecule has 0 atom stereocenters. The molecule has 0 aliphatic rings. The van der Waals surface area contributed by atoms with Crippen molar-refractivity contribution >= 4 is 50.3 Å². The summed E-state index contributed by atoms with van der Waals surface area (Å²) >= 11 is 3.75.